The fraction of sp³-hybridized carbons (Fsp3) is 0.524. The Kier molecular flexibility index (Phi) is 40.6. The Labute approximate surface area is 789 Å². The molecule has 0 aromatic heterocycles. The maximum atomic E-state index is 16.4. The van der Waals surface area contributed by atoms with E-state index < -0.39 is 190 Å². The highest BCUT2D eigenvalue weighted by Gasteiger charge is 2.43. The third kappa shape index (κ3) is 34.7. The fourth-order valence-corrected chi connectivity index (χ4v) is 16.8. The molecule has 0 spiro atoms. The van der Waals surface area contributed by atoms with Gasteiger partial charge in [0.2, 0.25) is 35.4 Å². The van der Waals surface area contributed by atoms with Gasteiger partial charge in [0.15, 0.2) is 23.1 Å². The van der Waals surface area contributed by atoms with Crippen LogP contribution in [0.2, 0.25) is 0 Å². The standard InChI is InChI=1S/C105H141N9O20/c1-67(2)80(97(125)129-16)64-89(117)85-53-54-91(119)107-59-55-92(120)106-56-34-31-47-83(90(118)65-81(96(124)111-85)68(3)131-101(4,5)6)110-94(122)70(36-30-33-57-108-98(126)133-103(10,11)12)61-88(116)86(60-69-49-51-75(52-50-69)132-102(7,8)9)112-95(123)71(63-93(121)114-105(72-37-20-17-21-38-72,73-39-22-18-23-40-73)74-41-24-19-25-42-74)62-87(115)84(48-32-35-58-109-99(127)134-104(13,14)15)113-100(128)130-66-82-78-45-28-26-43-76(78)77-44-27-29-46-79(77)82/h17-29,37-46,49-52,67-68,70-71,80-86H,30-36,47-48,53-66H2,1-16H3,(H,106,120)(H,107,119)(H,108,126)(H,109,127)(H,110,122)(H,111,124)(H,112,123)(H,113,128)(H,114,121)/t68?,70-,71+,80?,81+,83+,84+,85?,86+/m1/s1. The number of rotatable bonds is 39. The number of nitrogens with one attached hydrogen (secondary N) is 9. The number of ketones is 4. The summed E-state index contributed by atoms with van der Waals surface area (Å²) in [6.45, 7) is 26.4. The first kappa shape index (κ1) is 107. The van der Waals surface area contributed by atoms with Crippen molar-refractivity contribution in [2.24, 2.45) is 29.6 Å². The van der Waals surface area contributed by atoms with Crippen LogP contribution >= 0.6 is 0 Å². The molecule has 1 aliphatic heterocycles. The van der Waals surface area contributed by atoms with Gasteiger partial charge in [0, 0.05) is 83.0 Å². The van der Waals surface area contributed by atoms with E-state index >= 15 is 33.6 Å². The molecule has 0 saturated carbocycles. The molecule has 6 aromatic carbocycles. The number of benzene rings is 6. The van der Waals surface area contributed by atoms with E-state index in [0.29, 0.717) is 28.0 Å². The molecule has 1 saturated heterocycles. The van der Waals surface area contributed by atoms with Crippen molar-refractivity contribution in [2.75, 3.05) is 39.9 Å². The van der Waals surface area contributed by atoms with Crippen molar-refractivity contribution in [3.8, 4) is 16.9 Å². The van der Waals surface area contributed by atoms with E-state index in [2.05, 4.69) is 47.9 Å². The van der Waals surface area contributed by atoms with E-state index in [9.17, 15) is 33.6 Å². The van der Waals surface area contributed by atoms with E-state index in [0.717, 1.165) is 22.3 Å². The van der Waals surface area contributed by atoms with Crippen LogP contribution in [0.4, 0.5) is 14.4 Å². The number of carbonyl (C=O) groups is 14. The summed E-state index contributed by atoms with van der Waals surface area (Å²) in [4.78, 5) is 206. The SMILES string of the molecule is COC(=O)C(CC(=O)C1CCC(=O)NCCC(=O)NCCCC[C@H](NC(=O)[C@H](CCCCNC(=O)OC(C)(C)C)CC(=O)[C@H](Cc2ccc(OC(C)(C)C)cc2)NC(=O)[C@H](CC(=O)NC(c2ccccc2)(c2ccccc2)c2ccccc2)CC(=O)[C@H](CCCCNC(=O)OC(C)(C)C)NC(=O)OCC2c3ccccc3-c3ccccc32)C(=O)C[C@@H](C(C)OC(C)(C)C)C(=O)N1)C(C)C. The summed E-state index contributed by atoms with van der Waals surface area (Å²) in [5.74, 6) is -13.0. The number of esters is 1. The van der Waals surface area contributed by atoms with Crippen LogP contribution in [0.25, 0.3) is 11.1 Å². The molecule has 1 aliphatic carbocycles. The minimum Gasteiger partial charge on any atom is -0.488 e. The van der Waals surface area contributed by atoms with E-state index in [-0.39, 0.29) is 135 Å². The molecule has 1 fully saturated rings. The predicted molar refractivity (Wildman–Crippen MR) is 510 cm³/mol. The molecular formula is C105H141N9O20. The number of amides is 9. The van der Waals surface area contributed by atoms with Gasteiger partial charge in [-0.2, -0.15) is 0 Å². The van der Waals surface area contributed by atoms with Gasteiger partial charge in [0.25, 0.3) is 0 Å². The average Bonchev–Trinajstić information content (AvgIpc) is 0.951. The minimum absolute atomic E-state index is 0.0504. The number of carbonyl (C=O) groups excluding carboxylic acids is 14. The largest absolute Gasteiger partial charge is 0.488 e. The summed E-state index contributed by atoms with van der Waals surface area (Å²) < 4.78 is 34.8. The Hall–Kier alpha value is -12.1. The number of unbranched alkanes of at least 4 members (excludes halogenated alkanes) is 2. The van der Waals surface area contributed by atoms with Crippen molar-refractivity contribution < 1.29 is 95.5 Å². The van der Waals surface area contributed by atoms with Crippen molar-refractivity contribution in [1.29, 1.82) is 0 Å². The quantitative estimate of drug-likeness (QED) is 0.00749. The lowest BCUT2D eigenvalue weighted by molar-refractivity contribution is -0.149. The highest BCUT2D eigenvalue weighted by molar-refractivity contribution is 5.99. The van der Waals surface area contributed by atoms with Crippen molar-refractivity contribution in [3.63, 3.8) is 0 Å². The molecule has 29 nitrogen and oxygen atoms in total. The highest BCUT2D eigenvalue weighted by Crippen LogP contribution is 2.45. The topological polar surface area (TPSA) is 403 Å². The second-order valence-corrected chi connectivity index (χ2v) is 39.2. The van der Waals surface area contributed by atoms with Crippen molar-refractivity contribution in [2.45, 2.75) is 284 Å². The Morgan fingerprint density at radius 2 is 1.01 bits per heavy atom. The number of Topliss-reactive ketones (excluding diaryl/α,β-unsaturated/α-hetero) is 4. The molecule has 9 atom stereocenters. The zero-order chi connectivity index (χ0) is 98.1. The first-order valence-corrected chi connectivity index (χ1v) is 47.0. The van der Waals surface area contributed by atoms with Gasteiger partial charge in [0.1, 0.15) is 34.7 Å². The molecular weight excluding hydrogens is 1710 g/mol. The second-order valence-electron chi connectivity index (χ2n) is 39.2. The normalized spacial score (nSPS) is 17.0. The second kappa shape index (κ2) is 50.8. The van der Waals surface area contributed by atoms with Crippen molar-refractivity contribution in [1.82, 2.24) is 47.9 Å². The molecule has 9 amide bonds. The minimum atomic E-state index is -1.64. The van der Waals surface area contributed by atoms with Gasteiger partial charge in [0.05, 0.1) is 60.7 Å². The van der Waals surface area contributed by atoms with E-state index in [1.54, 1.807) is 107 Å². The third-order valence-electron chi connectivity index (χ3n) is 23.3. The highest BCUT2D eigenvalue weighted by atomic mass is 16.6. The van der Waals surface area contributed by atoms with Gasteiger partial charge >= 0.3 is 24.2 Å². The predicted octanol–water partition coefficient (Wildman–Crippen LogP) is 14.6. The maximum absolute atomic E-state index is 16.4. The molecule has 0 bridgehead atoms. The number of fused-ring (bicyclic) bond motifs is 3. The van der Waals surface area contributed by atoms with Crippen LogP contribution in [0.5, 0.6) is 5.75 Å². The van der Waals surface area contributed by atoms with Crippen LogP contribution < -0.4 is 52.6 Å². The summed E-state index contributed by atoms with van der Waals surface area (Å²) in [5, 5.41) is 26.0. The number of ether oxygens (including phenoxy) is 6. The van der Waals surface area contributed by atoms with E-state index in [1.165, 1.54) is 7.11 Å². The molecule has 1 heterocycles. The van der Waals surface area contributed by atoms with Crippen LogP contribution in [0, 0.1) is 29.6 Å². The first-order chi connectivity index (χ1) is 63.4. The lowest BCUT2D eigenvalue weighted by Gasteiger charge is -2.37. The Morgan fingerprint density at radius 1 is 0.500 bits per heavy atom. The molecule has 9 N–H and O–H groups in total. The van der Waals surface area contributed by atoms with Crippen LogP contribution in [-0.2, 0) is 88.4 Å². The number of alkyl carbamates (subject to hydrolysis) is 3. The Morgan fingerprint density at radius 3 is 1.54 bits per heavy atom. The monoisotopic (exact) mass is 1850 g/mol. The molecule has 8 rings (SSSR count). The van der Waals surface area contributed by atoms with Gasteiger partial charge in [-0.3, -0.25) is 52.7 Å². The molecule has 134 heavy (non-hydrogen) atoms. The molecule has 3 unspecified atom stereocenters. The van der Waals surface area contributed by atoms with Crippen molar-refractivity contribution in [3.05, 3.63) is 197 Å². The summed E-state index contributed by atoms with van der Waals surface area (Å²) >= 11 is 0. The van der Waals surface area contributed by atoms with Gasteiger partial charge in [-0.15, -0.1) is 0 Å². The third-order valence-corrected chi connectivity index (χ3v) is 23.3. The summed E-state index contributed by atoms with van der Waals surface area (Å²) in [6, 6.07) is 44.4. The number of hydrogen-bond donors (Lipinski definition) is 9. The van der Waals surface area contributed by atoms with Gasteiger partial charge in [-0.05, 0) is 217 Å². The van der Waals surface area contributed by atoms with Crippen LogP contribution in [-0.4, -0.2) is 175 Å². The van der Waals surface area contributed by atoms with E-state index in [1.807, 2.05) is 160 Å². The van der Waals surface area contributed by atoms with Gasteiger partial charge in [-0.1, -0.05) is 172 Å². The van der Waals surface area contributed by atoms with Crippen LogP contribution in [0.1, 0.15) is 252 Å². The van der Waals surface area contributed by atoms with E-state index in [4.69, 9.17) is 28.4 Å². The first-order valence-electron chi connectivity index (χ1n) is 47.0. The lowest BCUT2D eigenvalue weighted by atomic mass is 9.76. The smallest absolute Gasteiger partial charge is 0.407 e. The maximum Gasteiger partial charge on any atom is 0.407 e. The summed E-state index contributed by atoms with van der Waals surface area (Å²) in [7, 11) is 1.20. The molecule has 0 radical (unpaired) electrons. The number of hydrogen-bond acceptors (Lipinski definition) is 20. The molecule has 6 aromatic rings. The average molecular weight is 1850 g/mol. The zero-order valence-corrected chi connectivity index (χ0v) is 80.9. The van der Waals surface area contributed by atoms with Crippen molar-refractivity contribution >= 4 is 82.8 Å². The fourth-order valence-electron chi connectivity index (χ4n) is 16.8. The molecule has 29 heteroatoms. The number of methoxy groups -OCH3 is 1. The molecule has 2 aliphatic rings. The summed E-state index contributed by atoms with van der Waals surface area (Å²) in [6.07, 6.45) is -6.07. The molecule has 726 valence electrons. The Bertz CT molecular complexity index is 4800. The Balaban J connectivity index is 1.21. The van der Waals surface area contributed by atoms with Gasteiger partial charge < -0.3 is 76.3 Å². The zero-order valence-electron chi connectivity index (χ0n) is 80.9. The summed E-state index contributed by atoms with van der Waals surface area (Å²) in [5.41, 5.74) is 1.58. The lowest BCUT2D eigenvalue weighted by Crippen LogP contribution is -2.51. The van der Waals surface area contributed by atoms with Gasteiger partial charge in [-0.25, -0.2) is 14.4 Å². The van der Waals surface area contributed by atoms with Crippen LogP contribution in [0.3, 0.4) is 0 Å². The van der Waals surface area contributed by atoms with Crippen LogP contribution in [0.15, 0.2) is 164 Å².